The summed E-state index contributed by atoms with van der Waals surface area (Å²) in [6, 6.07) is 9.92. The Hall–Kier alpha value is -2.58. The second-order valence-electron chi connectivity index (χ2n) is 9.37. The van der Waals surface area contributed by atoms with Gasteiger partial charge in [-0.25, -0.2) is 13.2 Å². The first-order valence-electron chi connectivity index (χ1n) is 11.7. The zero-order valence-electron chi connectivity index (χ0n) is 19.4. The van der Waals surface area contributed by atoms with Gasteiger partial charge in [0.2, 0.25) is 0 Å². The number of sulfonamides is 1. The summed E-state index contributed by atoms with van der Waals surface area (Å²) in [6.45, 7) is 8.72. The Morgan fingerprint density at radius 3 is 2.52 bits per heavy atom. The summed E-state index contributed by atoms with van der Waals surface area (Å²) < 4.78 is 29.2. The van der Waals surface area contributed by atoms with Gasteiger partial charge in [-0.2, -0.15) is 0 Å². The van der Waals surface area contributed by atoms with Crippen molar-refractivity contribution in [1.82, 2.24) is 4.90 Å². The first kappa shape index (κ1) is 23.6. The van der Waals surface area contributed by atoms with Gasteiger partial charge in [-0.05, 0) is 88.4 Å². The molecule has 0 spiro atoms. The maximum Gasteiger partial charge on any atom is 0.335 e. The number of benzene rings is 2. The number of carboxylic acids is 1. The van der Waals surface area contributed by atoms with E-state index in [1.165, 1.54) is 18.9 Å². The van der Waals surface area contributed by atoms with Crippen LogP contribution in [0.25, 0.3) is 0 Å². The van der Waals surface area contributed by atoms with Gasteiger partial charge in [0.1, 0.15) is 0 Å². The lowest BCUT2D eigenvalue weighted by Crippen LogP contribution is -2.40. The summed E-state index contributed by atoms with van der Waals surface area (Å²) in [5, 5.41) is 9.51. The molecule has 2 saturated heterocycles. The Bertz CT molecular complexity index is 1130. The molecule has 2 aliphatic heterocycles. The van der Waals surface area contributed by atoms with Crippen LogP contribution in [0.2, 0.25) is 0 Å². The molecule has 0 saturated carbocycles. The first-order chi connectivity index (χ1) is 15.7. The van der Waals surface area contributed by atoms with Crippen LogP contribution in [0.15, 0.2) is 41.3 Å². The van der Waals surface area contributed by atoms with E-state index in [0.29, 0.717) is 17.2 Å². The maximum absolute atomic E-state index is 13.3. The van der Waals surface area contributed by atoms with E-state index in [0.717, 1.165) is 56.8 Å². The van der Waals surface area contributed by atoms with Crippen molar-refractivity contribution >= 4 is 27.4 Å². The van der Waals surface area contributed by atoms with Gasteiger partial charge < -0.3 is 14.9 Å². The van der Waals surface area contributed by atoms with Gasteiger partial charge in [-0.3, -0.25) is 4.72 Å². The van der Waals surface area contributed by atoms with Gasteiger partial charge in [0.15, 0.2) is 0 Å². The monoisotopic (exact) mass is 471 g/mol. The first-order valence-corrected chi connectivity index (χ1v) is 13.2. The molecule has 4 rings (SSSR count). The van der Waals surface area contributed by atoms with Crippen molar-refractivity contribution in [2.75, 3.05) is 42.3 Å². The van der Waals surface area contributed by atoms with Gasteiger partial charge in [0.05, 0.1) is 21.8 Å². The zero-order valence-corrected chi connectivity index (χ0v) is 20.2. The lowest BCUT2D eigenvalue weighted by Gasteiger charge is -2.37. The van der Waals surface area contributed by atoms with Crippen LogP contribution in [0.4, 0.5) is 11.4 Å². The highest BCUT2D eigenvalue weighted by Gasteiger charge is 2.27. The number of carbonyl (C=O) groups is 1. The average molecular weight is 472 g/mol. The number of piperidine rings is 1. The standard InChI is InChI=1S/C25H33N3O4S/c1-18-7-10-24(19(2)14-18)33(31,32)26-22-15-21(25(29)30)8-9-23(22)28-13-5-6-20(17-28)16-27-11-3-4-12-27/h7-10,14-15,20,26H,3-6,11-13,16-17H2,1-2H3,(H,29,30)/t20-/m1/s1. The molecular formula is C25H33N3O4S. The van der Waals surface area contributed by atoms with Crippen molar-refractivity contribution in [2.24, 2.45) is 5.92 Å². The minimum atomic E-state index is -3.87. The number of carboxylic acid groups (broad SMARTS) is 1. The SMILES string of the molecule is Cc1ccc(S(=O)(=O)Nc2cc(C(=O)O)ccc2N2CCC[C@H](CN3CCCC3)C2)c(C)c1. The summed E-state index contributed by atoms with van der Waals surface area (Å²) >= 11 is 0. The van der Waals surface area contributed by atoms with E-state index in [1.54, 1.807) is 31.2 Å². The highest BCUT2D eigenvalue weighted by molar-refractivity contribution is 7.92. The highest BCUT2D eigenvalue weighted by Crippen LogP contribution is 2.33. The molecule has 0 bridgehead atoms. The van der Waals surface area contributed by atoms with Crippen LogP contribution in [0.5, 0.6) is 0 Å². The Morgan fingerprint density at radius 2 is 1.82 bits per heavy atom. The summed E-state index contributed by atoms with van der Waals surface area (Å²) in [4.78, 5) is 16.5. The molecule has 2 aromatic carbocycles. The van der Waals surface area contributed by atoms with Crippen molar-refractivity contribution < 1.29 is 18.3 Å². The maximum atomic E-state index is 13.3. The molecule has 1 atom stereocenters. The van der Waals surface area contributed by atoms with E-state index >= 15 is 0 Å². The number of hydrogen-bond acceptors (Lipinski definition) is 5. The van der Waals surface area contributed by atoms with Gasteiger partial charge in [-0.15, -0.1) is 0 Å². The number of aromatic carboxylic acids is 1. The summed E-state index contributed by atoms with van der Waals surface area (Å²) in [5.41, 5.74) is 2.75. The summed E-state index contributed by atoms with van der Waals surface area (Å²) in [6.07, 6.45) is 4.71. The van der Waals surface area contributed by atoms with Crippen molar-refractivity contribution in [3.8, 4) is 0 Å². The van der Waals surface area contributed by atoms with E-state index < -0.39 is 16.0 Å². The van der Waals surface area contributed by atoms with Crippen LogP contribution < -0.4 is 9.62 Å². The third-order valence-corrected chi connectivity index (χ3v) is 8.21. The number of anilines is 2. The van der Waals surface area contributed by atoms with Crippen LogP contribution in [0, 0.1) is 19.8 Å². The van der Waals surface area contributed by atoms with Crippen molar-refractivity contribution in [3.05, 3.63) is 53.1 Å². The Morgan fingerprint density at radius 1 is 1.06 bits per heavy atom. The zero-order chi connectivity index (χ0) is 23.6. The molecule has 2 N–H and O–H groups in total. The molecule has 0 aliphatic carbocycles. The molecule has 0 amide bonds. The largest absolute Gasteiger partial charge is 0.478 e. The predicted molar refractivity (Wildman–Crippen MR) is 131 cm³/mol. The molecule has 178 valence electrons. The fraction of sp³-hybridized carbons (Fsp3) is 0.480. The van der Waals surface area contributed by atoms with Crippen molar-refractivity contribution in [1.29, 1.82) is 0 Å². The molecule has 2 heterocycles. The number of aryl methyl sites for hydroxylation is 2. The van der Waals surface area contributed by atoms with E-state index in [2.05, 4.69) is 14.5 Å². The van der Waals surface area contributed by atoms with Gasteiger partial charge in [-0.1, -0.05) is 17.7 Å². The molecule has 0 radical (unpaired) electrons. The third-order valence-electron chi connectivity index (χ3n) is 6.68. The lowest BCUT2D eigenvalue weighted by molar-refractivity contribution is 0.0697. The second-order valence-corrected chi connectivity index (χ2v) is 11.0. The molecule has 2 aliphatic rings. The smallest absolute Gasteiger partial charge is 0.335 e. The normalized spacial score (nSPS) is 19.6. The van der Waals surface area contributed by atoms with Crippen LogP contribution in [-0.4, -0.2) is 57.1 Å². The number of likely N-dealkylation sites (tertiary alicyclic amines) is 1. The second kappa shape index (κ2) is 9.73. The van der Waals surface area contributed by atoms with Crippen LogP contribution in [-0.2, 0) is 10.0 Å². The Balaban J connectivity index is 1.62. The van der Waals surface area contributed by atoms with Gasteiger partial charge in [0.25, 0.3) is 10.0 Å². The Labute approximate surface area is 196 Å². The number of rotatable bonds is 7. The third kappa shape index (κ3) is 5.50. The average Bonchev–Trinajstić information content (AvgIpc) is 3.26. The Kier molecular flexibility index (Phi) is 6.95. The summed E-state index contributed by atoms with van der Waals surface area (Å²) in [5.74, 6) is -0.570. The fourth-order valence-electron chi connectivity index (χ4n) is 5.09. The van der Waals surface area contributed by atoms with Crippen molar-refractivity contribution in [3.63, 3.8) is 0 Å². The van der Waals surface area contributed by atoms with Crippen LogP contribution >= 0.6 is 0 Å². The van der Waals surface area contributed by atoms with Crippen LogP contribution in [0.1, 0.15) is 47.2 Å². The van der Waals surface area contributed by atoms with E-state index in [9.17, 15) is 18.3 Å². The molecule has 0 unspecified atom stereocenters. The van der Waals surface area contributed by atoms with Gasteiger partial charge >= 0.3 is 5.97 Å². The van der Waals surface area contributed by atoms with E-state index in [4.69, 9.17) is 0 Å². The molecular weight excluding hydrogens is 438 g/mol. The fourth-order valence-corrected chi connectivity index (χ4v) is 6.38. The minimum Gasteiger partial charge on any atom is -0.478 e. The summed E-state index contributed by atoms with van der Waals surface area (Å²) in [7, 11) is -3.87. The van der Waals surface area contributed by atoms with Crippen molar-refractivity contribution in [2.45, 2.75) is 44.4 Å². The molecule has 7 nitrogen and oxygen atoms in total. The van der Waals surface area contributed by atoms with E-state index in [-0.39, 0.29) is 10.5 Å². The van der Waals surface area contributed by atoms with E-state index in [1.807, 2.05) is 13.0 Å². The minimum absolute atomic E-state index is 0.0581. The highest BCUT2D eigenvalue weighted by atomic mass is 32.2. The molecule has 8 heteroatoms. The molecule has 33 heavy (non-hydrogen) atoms. The number of hydrogen-bond donors (Lipinski definition) is 2. The molecule has 0 aromatic heterocycles. The predicted octanol–water partition coefficient (Wildman–Crippen LogP) is 4.11. The molecule has 2 aromatic rings. The number of nitrogens with zero attached hydrogens (tertiary/aromatic N) is 2. The van der Waals surface area contributed by atoms with Gasteiger partial charge in [0, 0.05) is 19.6 Å². The quantitative estimate of drug-likeness (QED) is 0.632. The lowest BCUT2D eigenvalue weighted by atomic mass is 9.96. The number of nitrogens with one attached hydrogen (secondary N) is 1. The van der Waals surface area contributed by atoms with Crippen LogP contribution in [0.3, 0.4) is 0 Å². The topological polar surface area (TPSA) is 89.9 Å². The molecule has 2 fully saturated rings.